The Labute approximate surface area is 171 Å². The van der Waals surface area contributed by atoms with Crippen molar-refractivity contribution in [2.75, 3.05) is 11.4 Å². The number of fused-ring (bicyclic) bond motifs is 1. The molecule has 1 aromatic rings. The smallest absolute Gasteiger partial charge is 0.269 e. The van der Waals surface area contributed by atoms with Gasteiger partial charge in [0, 0.05) is 24.2 Å². The standard InChI is InChI=1S/C23H29N3O3/c1-2-20(27)26-6-5-17-10-18(3-4-19(17)26)21(28)24-25-22(29)23-11-14-7-15(12-23)9-16(8-14)13-23/h3-4,10,14-16H,2,5-9,11-13H2,1H3,(H,24,28)(H,25,29). The normalized spacial score (nSPS) is 31.5. The molecule has 0 aromatic heterocycles. The number of nitrogens with one attached hydrogen (secondary N) is 2. The predicted molar refractivity (Wildman–Crippen MR) is 109 cm³/mol. The monoisotopic (exact) mass is 395 g/mol. The second-order valence-corrected chi connectivity index (χ2v) is 9.60. The molecule has 4 aliphatic carbocycles. The SMILES string of the molecule is CCC(=O)N1CCc2cc(C(=O)NNC(=O)C34CC5CC(CC(C5)C3)C4)ccc21. The minimum Gasteiger partial charge on any atom is -0.312 e. The molecule has 154 valence electrons. The van der Waals surface area contributed by atoms with Crippen LogP contribution in [0.4, 0.5) is 5.69 Å². The Morgan fingerprint density at radius 3 is 2.31 bits per heavy atom. The van der Waals surface area contributed by atoms with Gasteiger partial charge in [0.15, 0.2) is 0 Å². The Morgan fingerprint density at radius 1 is 1.03 bits per heavy atom. The summed E-state index contributed by atoms with van der Waals surface area (Å²) in [6.45, 7) is 2.52. The highest BCUT2D eigenvalue weighted by atomic mass is 16.2. The Bertz CT molecular complexity index is 843. The van der Waals surface area contributed by atoms with Gasteiger partial charge in [-0.1, -0.05) is 6.92 Å². The second kappa shape index (κ2) is 6.85. The summed E-state index contributed by atoms with van der Waals surface area (Å²) in [5, 5.41) is 0. The molecule has 1 aliphatic heterocycles. The molecule has 0 spiro atoms. The molecule has 4 fully saturated rings. The topological polar surface area (TPSA) is 78.5 Å². The number of rotatable bonds is 3. The summed E-state index contributed by atoms with van der Waals surface area (Å²) in [6.07, 6.45) is 7.99. The molecule has 2 N–H and O–H groups in total. The number of hydrogen-bond donors (Lipinski definition) is 2. The van der Waals surface area contributed by atoms with Crippen LogP contribution in [-0.2, 0) is 16.0 Å². The first-order valence-electron chi connectivity index (χ1n) is 11.0. The van der Waals surface area contributed by atoms with E-state index in [1.54, 1.807) is 11.0 Å². The van der Waals surface area contributed by atoms with Gasteiger partial charge < -0.3 is 4.90 Å². The van der Waals surface area contributed by atoms with Gasteiger partial charge in [-0.25, -0.2) is 0 Å². The van der Waals surface area contributed by atoms with Gasteiger partial charge in [0.05, 0.1) is 5.41 Å². The van der Waals surface area contributed by atoms with Crippen molar-refractivity contribution in [1.29, 1.82) is 0 Å². The minimum absolute atomic E-state index is 0.00849. The van der Waals surface area contributed by atoms with Crippen molar-refractivity contribution in [1.82, 2.24) is 10.9 Å². The molecular formula is C23H29N3O3. The van der Waals surface area contributed by atoms with E-state index in [1.165, 1.54) is 19.3 Å². The van der Waals surface area contributed by atoms with Crippen LogP contribution in [0.25, 0.3) is 0 Å². The molecule has 6 heteroatoms. The number of hydrazine groups is 1. The average Bonchev–Trinajstić information content (AvgIpc) is 3.13. The fourth-order valence-electron chi connectivity index (χ4n) is 6.70. The molecule has 0 atom stereocenters. The molecule has 6 rings (SSSR count). The van der Waals surface area contributed by atoms with E-state index in [4.69, 9.17) is 0 Å². The van der Waals surface area contributed by atoms with E-state index in [2.05, 4.69) is 10.9 Å². The van der Waals surface area contributed by atoms with Crippen molar-refractivity contribution in [2.45, 2.75) is 58.3 Å². The molecule has 1 aromatic carbocycles. The number of carbonyl (C=O) groups is 3. The molecule has 3 amide bonds. The number of anilines is 1. The Balaban J connectivity index is 1.24. The summed E-state index contributed by atoms with van der Waals surface area (Å²) >= 11 is 0. The van der Waals surface area contributed by atoms with Crippen LogP contribution in [0.1, 0.15) is 67.8 Å². The van der Waals surface area contributed by atoms with Crippen molar-refractivity contribution in [2.24, 2.45) is 23.2 Å². The molecule has 0 saturated heterocycles. The van der Waals surface area contributed by atoms with Crippen LogP contribution in [0.3, 0.4) is 0 Å². The summed E-state index contributed by atoms with van der Waals surface area (Å²) in [5.41, 5.74) is 7.52. The van der Waals surface area contributed by atoms with Gasteiger partial charge in [-0.15, -0.1) is 0 Å². The van der Waals surface area contributed by atoms with E-state index in [0.29, 0.717) is 36.3 Å². The largest absolute Gasteiger partial charge is 0.312 e. The molecule has 4 bridgehead atoms. The maximum Gasteiger partial charge on any atom is 0.269 e. The lowest BCUT2D eigenvalue weighted by Crippen LogP contribution is -2.56. The van der Waals surface area contributed by atoms with Crippen molar-refractivity contribution >= 4 is 23.4 Å². The van der Waals surface area contributed by atoms with Crippen LogP contribution in [-0.4, -0.2) is 24.3 Å². The van der Waals surface area contributed by atoms with Crippen LogP contribution in [0.5, 0.6) is 0 Å². The number of benzene rings is 1. The van der Waals surface area contributed by atoms with E-state index >= 15 is 0 Å². The van der Waals surface area contributed by atoms with E-state index in [0.717, 1.165) is 36.9 Å². The lowest BCUT2D eigenvalue weighted by atomic mass is 9.49. The van der Waals surface area contributed by atoms with Gasteiger partial charge in [0.25, 0.3) is 5.91 Å². The first kappa shape index (κ1) is 18.6. The highest BCUT2D eigenvalue weighted by Gasteiger charge is 2.54. The fourth-order valence-corrected chi connectivity index (χ4v) is 6.70. The summed E-state index contributed by atoms with van der Waals surface area (Å²) in [6, 6.07) is 5.41. The number of amides is 3. The molecule has 0 radical (unpaired) electrons. The summed E-state index contributed by atoms with van der Waals surface area (Å²) in [5.74, 6) is 1.86. The third-order valence-corrected chi connectivity index (χ3v) is 7.65. The Hall–Kier alpha value is -2.37. The lowest BCUT2D eigenvalue weighted by Gasteiger charge is -2.55. The molecular weight excluding hydrogens is 366 g/mol. The van der Waals surface area contributed by atoms with E-state index in [9.17, 15) is 14.4 Å². The van der Waals surface area contributed by atoms with Crippen LogP contribution < -0.4 is 15.8 Å². The van der Waals surface area contributed by atoms with Gasteiger partial charge in [-0.3, -0.25) is 25.2 Å². The molecule has 4 saturated carbocycles. The van der Waals surface area contributed by atoms with E-state index in [-0.39, 0.29) is 23.1 Å². The molecule has 0 unspecified atom stereocenters. The van der Waals surface area contributed by atoms with Gasteiger partial charge >= 0.3 is 0 Å². The summed E-state index contributed by atoms with van der Waals surface area (Å²) in [4.78, 5) is 39.5. The highest BCUT2D eigenvalue weighted by Crippen LogP contribution is 2.60. The summed E-state index contributed by atoms with van der Waals surface area (Å²) in [7, 11) is 0. The maximum absolute atomic E-state index is 13.0. The van der Waals surface area contributed by atoms with Gasteiger partial charge in [0.1, 0.15) is 0 Å². The maximum atomic E-state index is 13.0. The van der Waals surface area contributed by atoms with Crippen LogP contribution in [0.2, 0.25) is 0 Å². The van der Waals surface area contributed by atoms with Crippen LogP contribution in [0, 0.1) is 23.2 Å². The fraction of sp³-hybridized carbons (Fsp3) is 0.609. The average molecular weight is 396 g/mol. The Morgan fingerprint density at radius 2 is 1.69 bits per heavy atom. The van der Waals surface area contributed by atoms with Crippen LogP contribution >= 0.6 is 0 Å². The first-order valence-corrected chi connectivity index (χ1v) is 11.0. The second-order valence-electron chi connectivity index (χ2n) is 9.60. The zero-order valence-electron chi connectivity index (χ0n) is 17.0. The number of nitrogens with zero attached hydrogens (tertiary/aromatic N) is 1. The van der Waals surface area contributed by atoms with Crippen molar-refractivity contribution in [3.05, 3.63) is 29.3 Å². The quantitative estimate of drug-likeness (QED) is 0.773. The van der Waals surface area contributed by atoms with Gasteiger partial charge in [-0.05, 0) is 86.5 Å². The number of carbonyl (C=O) groups excluding carboxylic acids is 3. The predicted octanol–water partition coefficient (Wildman–Crippen LogP) is 2.96. The zero-order chi connectivity index (χ0) is 20.2. The highest BCUT2D eigenvalue weighted by molar-refractivity contribution is 5.99. The van der Waals surface area contributed by atoms with Crippen molar-refractivity contribution in [3.8, 4) is 0 Å². The Kier molecular flexibility index (Phi) is 4.41. The van der Waals surface area contributed by atoms with E-state index in [1.807, 2.05) is 19.1 Å². The third-order valence-electron chi connectivity index (χ3n) is 7.65. The molecule has 1 heterocycles. The van der Waals surface area contributed by atoms with E-state index < -0.39 is 0 Å². The minimum atomic E-state index is -0.300. The molecule has 29 heavy (non-hydrogen) atoms. The zero-order valence-corrected chi connectivity index (χ0v) is 17.0. The van der Waals surface area contributed by atoms with Gasteiger partial charge in [0.2, 0.25) is 11.8 Å². The molecule has 6 nitrogen and oxygen atoms in total. The van der Waals surface area contributed by atoms with Gasteiger partial charge in [-0.2, -0.15) is 0 Å². The van der Waals surface area contributed by atoms with Crippen LogP contribution in [0.15, 0.2) is 18.2 Å². The third kappa shape index (κ3) is 3.13. The number of hydrogen-bond acceptors (Lipinski definition) is 3. The summed E-state index contributed by atoms with van der Waals surface area (Å²) < 4.78 is 0. The van der Waals surface area contributed by atoms with Crippen molar-refractivity contribution in [3.63, 3.8) is 0 Å². The van der Waals surface area contributed by atoms with Crippen molar-refractivity contribution < 1.29 is 14.4 Å². The lowest BCUT2D eigenvalue weighted by molar-refractivity contribution is -0.147. The first-order chi connectivity index (χ1) is 14.0. The molecule has 5 aliphatic rings.